The summed E-state index contributed by atoms with van der Waals surface area (Å²) in [6.07, 6.45) is 9.81. The van der Waals surface area contributed by atoms with Crippen molar-refractivity contribution in [2.45, 2.75) is 58.8 Å². The molecule has 0 unspecified atom stereocenters. The van der Waals surface area contributed by atoms with Gasteiger partial charge in [0.15, 0.2) is 0 Å². The highest BCUT2D eigenvalue weighted by Crippen LogP contribution is 2.15. The Balaban J connectivity index is 3.83. The molecule has 0 aromatic carbocycles. The Kier molecular flexibility index (Phi) is 10.8. The summed E-state index contributed by atoms with van der Waals surface area (Å²) in [5.41, 5.74) is 1.57. The van der Waals surface area contributed by atoms with Crippen LogP contribution in [-0.2, 0) is 14.3 Å². The third-order valence-electron chi connectivity index (χ3n) is 2.88. The van der Waals surface area contributed by atoms with Crippen molar-refractivity contribution in [3.8, 4) is 0 Å². The maximum absolute atomic E-state index is 11.2. The van der Waals surface area contributed by atoms with Gasteiger partial charge in [-0.05, 0) is 38.7 Å². The molecule has 108 valence electrons. The first-order valence-corrected chi connectivity index (χ1v) is 7.07. The van der Waals surface area contributed by atoms with Crippen molar-refractivity contribution in [1.29, 1.82) is 0 Å². The van der Waals surface area contributed by atoms with Gasteiger partial charge in [-0.15, -0.1) is 0 Å². The van der Waals surface area contributed by atoms with E-state index in [9.17, 15) is 9.59 Å². The molecule has 0 radical (unpaired) electrons. The van der Waals surface area contributed by atoms with Gasteiger partial charge in [-0.3, -0.25) is 4.79 Å². The van der Waals surface area contributed by atoms with E-state index in [-0.39, 0.29) is 5.97 Å². The summed E-state index contributed by atoms with van der Waals surface area (Å²) in [7, 11) is 0. The number of carbonyl (C=O) groups is 2. The lowest BCUT2D eigenvalue weighted by Gasteiger charge is -2.07. The maximum Gasteiger partial charge on any atom is 0.333 e. The smallest absolute Gasteiger partial charge is 0.333 e. The quantitative estimate of drug-likeness (QED) is 0.246. The Hall–Kier alpha value is -1.38. The summed E-state index contributed by atoms with van der Waals surface area (Å²) in [6, 6.07) is 0. The number of rotatable bonds is 11. The Morgan fingerprint density at radius 1 is 1.16 bits per heavy atom. The van der Waals surface area contributed by atoms with E-state index in [1.54, 1.807) is 13.0 Å². The first kappa shape index (κ1) is 17.6. The van der Waals surface area contributed by atoms with E-state index in [0.29, 0.717) is 12.2 Å². The second kappa shape index (κ2) is 11.7. The van der Waals surface area contributed by atoms with E-state index in [2.05, 4.69) is 13.5 Å². The second-order valence-corrected chi connectivity index (χ2v) is 4.79. The minimum absolute atomic E-state index is 0.344. The van der Waals surface area contributed by atoms with Crippen molar-refractivity contribution in [2.24, 2.45) is 0 Å². The molecule has 0 N–H and O–H groups in total. The van der Waals surface area contributed by atoms with Gasteiger partial charge in [0.05, 0.1) is 6.61 Å². The highest BCUT2D eigenvalue weighted by molar-refractivity contribution is 5.86. The molecule has 0 aromatic rings. The van der Waals surface area contributed by atoms with Gasteiger partial charge in [-0.1, -0.05) is 38.3 Å². The van der Waals surface area contributed by atoms with Crippen LogP contribution < -0.4 is 0 Å². The predicted molar refractivity (Wildman–Crippen MR) is 77.9 cm³/mol. The Bertz CT molecular complexity index is 316. The zero-order chi connectivity index (χ0) is 14.5. The molecule has 19 heavy (non-hydrogen) atoms. The molecular formula is C16H26O3. The molecule has 0 amide bonds. The van der Waals surface area contributed by atoms with E-state index < -0.39 is 0 Å². The summed E-state index contributed by atoms with van der Waals surface area (Å²) >= 11 is 0. The van der Waals surface area contributed by atoms with E-state index in [1.807, 2.05) is 0 Å². The maximum atomic E-state index is 11.2. The first-order chi connectivity index (χ1) is 9.11. The van der Waals surface area contributed by atoms with Crippen molar-refractivity contribution in [3.05, 3.63) is 23.8 Å². The fraction of sp³-hybridized carbons (Fsp3) is 0.625. The molecular weight excluding hydrogens is 240 g/mol. The molecule has 0 aliphatic rings. The van der Waals surface area contributed by atoms with Crippen molar-refractivity contribution in [2.75, 3.05) is 6.61 Å². The SMILES string of the molecule is C=C(C)C(=O)OCCCC(=CC=O)CCCCCC. The van der Waals surface area contributed by atoms with Crippen molar-refractivity contribution < 1.29 is 14.3 Å². The van der Waals surface area contributed by atoms with Gasteiger partial charge in [0.2, 0.25) is 0 Å². The lowest BCUT2D eigenvalue weighted by molar-refractivity contribution is -0.139. The number of esters is 1. The molecule has 3 nitrogen and oxygen atoms in total. The standard InChI is InChI=1S/C16H26O3/c1-4-5-6-7-9-15(11-12-17)10-8-13-19-16(18)14(2)3/h11-12H,2,4-10,13H2,1,3H3. The summed E-state index contributed by atoms with van der Waals surface area (Å²) in [4.78, 5) is 21.7. The molecule has 3 heteroatoms. The minimum atomic E-state index is -0.344. The van der Waals surface area contributed by atoms with Gasteiger partial charge in [0.1, 0.15) is 6.29 Å². The molecule has 0 aliphatic heterocycles. The number of unbranched alkanes of at least 4 members (excludes halogenated alkanes) is 3. The molecule has 0 aliphatic carbocycles. The monoisotopic (exact) mass is 266 g/mol. The zero-order valence-electron chi connectivity index (χ0n) is 12.2. The van der Waals surface area contributed by atoms with Crippen LogP contribution in [0.3, 0.4) is 0 Å². The third-order valence-corrected chi connectivity index (χ3v) is 2.88. The fourth-order valence-corrected chi connectivity index (χ4v) is 1.75. The van der Waals surface area contributed by atoms with Gasteiger partial charge in [-0.25, -0.2) is 4.79 Å². The fourth-order valence-electron chi connectivity index (χ4n) is 1.75. The number of allylic oxidation sites excluding steroid dienone is 2. The minimum Gasteiger partial charge on any atom is -0.462 e. The van der Waals surface area contributed by atoms with Crippen LogP contribution in [0, 0.1) is 0 Å². The van der Waals surface area contributed by atoms with Crippen molar-refractivity contribution in [3.63, 3.8) is 0 Å². The number of aldehydes is 1. The number of ether oxygens (including phenoxy) is 1. The summed E-state index contributed by atoms with van der Waals surface area (Å²) < 4.78 is 5.02. The zero-order valence-corrected chi connectivity index (χ0v) is 12.2. The van der Waals surface area contributed by atoms with E-state index in [0.717, 1.165) is 37.5 Å². The number of hydrogen-bond donors (Lipinski definition) is 0. The highest BCUT2D eigenvalue weighted by atomic mass is 16.5. The second-order valence-electron chi connectivity index (χ2n) is 4.79. The van der Waals surface area contributed by atoms with Crippen LogP contribution >= 0.6 is 0 Å². The normalized spacial score (nSPS) is 11.2. The average Bonchev–Trinajstić information content (AvgIpc) is 2.38. The molecule has 0 atom stereocenters. The predicted octanol–water partition coefficient (Wildman–Crippen LogP) is 3.98. The van der Waals surface area contributed by atoms with Gasteiger partial charge in [0, 0.05) is 5.57 Å². The van der Waals surface area contributed by atoms with Crippen LogP contribution in [0.1, 0.15) is 58.8 Å². The molecule has 0 saturated carbocycles. The first-order valence-electron chi connectivity index (χ1n) is 7.07. The van der Waals surface area contributed by atoms with Gasteiger partial charge in [0.25, 0.3) is 0 Å². The molecule has 0 heterocycles. The number of hydrogen-bond acceptors (Lipinski definition) is 3. The molecule has 0 bridgehead atoms. The number of carbonyl (C=O) groups excluding carboxylic acids is 2. The Morgan fingerprint density at radius 2 is 1.84 bits per heavy atom. The lowest BCUT2D eigenvalue weighted by Crippen LogP contribution is -2.06. The van der Waals surface area contributed by atoms with Crippen LogP contribution in [-0.4, -0.2) is 18.9 Å². The summed E-state index contributed by atoms with van der Waals surface area (Å²) in [5.74, 6) is -0.344. The lowest BCUT2D eigenvalue weighted by atomic mass is 10.0. The molecule has 0 spiro atoms. The Labute approximate surface area is 116 Å². The van der Waals surface area contributed by atoms with E-state index >= 15 is 0 Å². The van der Waals surface area contributed by atoms with E-state index in [1.165, 1.54) is 19.3 Å². The van der Waals surface area contributed by atoms with Gasteiger partial charge in [-0.2, -0.15) is 0 Å². The van der Waals surface area contributed by atoms with Gasteiger partial charge >= 0.3 is 5.97 Å². The molecule has 0 rings (SSSR count). The molecule has 0 aromatic heterocycles. The molecule has 0 fully saturated rings. The topological polar surface area (TPSA) is 43.4 Å². The largest absolute Gasteiger partial charge is 0.462 e. The van der Waals surface area contributed by atoms with Crippen LogP contribution in [0.15, 0.2) is 23.8 Å². The highest BCUT2D eigenvalue weighted by Gasteiger charge is 2.03. The van der Waals surface area contributed by atoms with Crippen molar-refractivity contribution >= 4 is 12.3 Å². The Morgan fingerprint density at radius 3 is 2.42 bits per heavy atom. The van der Waals surface area contributed by atoms with E-state index in [4.69, 9.17) is 4.74 Å². The molecule has 0 saturated heterocycles. The van der Waals surface area contributed by atoms with Gasteiger partial charge < -0.3 is 4.74 Å². The van der Waals surface area contributed by atoms with Crippen LogP contribution in [0.5, 0.6) is 0 Å². The summed E-state index contributed by atoms with van der Waals surface area (Å²) in [6.45, 7) is 7.72. The third kappa shape index (κ3) is 10.2. The van der Waals surface area contributed by atoms with Crippen molar-refractivity contribution in [1.82, 2.24) is 0 Å². The average molecular weight is 266 g/mol. The van der Waals surface area contributed by atoms with Crippen LogP contribution in [0.2, 0.25) is 0 Å². The summed E-state index contributed by atoms with van der Waals surface area (Å²) in [5, 5.41) is 0. The van der Waals surface area contributed by atoms with Crippen LogP contribution in [0.4, 0.5) is 0 Å². The van der Waals surface area contributed by atoms with Crippen LogP contribution in [0.25, 0.3) is 0 Å².